The number of nitriles is 1. The summed E-state index contributed by atoms with van der Waals surface area (Å²) in [5.74, 6) is 2.43. The molecular formula is C24H33NO3. The third-order valence-corrected chi connectivity index (χ3v) is 8.82. The van der Waals surface area contributed by atoms with Gasteiger partial charge in [0, 0.05) is 24.9 Å². The van der Waals surface area contributed by atoms with E-state index in [2.05, 4.69) is 13.0 Å². The Morgan fingerprint density at radius 2 is 2.00 bits per heavy atom. The molecule has 4 aliphatic carbocycles. The number of nitrogens with zero attached hydrogens (tertiary/aromatic N) is 1. The molecule has 2 unspecified atom stereocenters. The Kier molecular flexibility index (Phi) is 4.68. The summed E-state index contributed by atoms with van der Waals surface area (Å²) in [7, 11) is 0. The summed E-state index contributed by atoms with van der Waals surface area (Å²) in [6.45, 7) is 3.00. The van der Waals surface area contributed by atoms with Crippen molar-refractivity contribution in [2.75, 3.05) is 6.61 Å². The molecule has 4 nitrogen and oxygen atoms in total. The van der Waals surface area contributed by atoms with Crippen molar-refractivity contribution < 1.29 is 14.3 Å². The lowest BCUT2D eigenvalue weighted by molar-refractivity contribution is -0.211. The number of hydrogen-bond acceptors (Lipinski definition) is 4. The molecule has 1 heterocycles. The van der Waals surface area contributed by atoms with Crippen LogP contribution in [0.4, 0.5) is 0 Å². The average molecular weight is 384 g/mol. The number of ketones is 1. The predicted molar refractivity (Wildman–Crippen MR) is 105 cm³/mol. The zero-order chi connectivity index (χ0) is 19.4. The van der Waals surface area contributed by atoms with Crippen molar-refractivity contribution in [3.8, 4) is 6.07 Å². The molecule has 0 amide bonds. The minimum absolute atomic E-state index is 0.0499. The van der Waals surface area contributed by atoms with Gasteiger partial charge in [0.2, 0.25) is 0 Å². The van der Waals surface area contributed by atoms with E-state index in [0.29, 0.717) is 23.5 Å². The molecule has 0 bridgehead atoms. The average Bonchev–Trinajstić information content (AvgIpc) is 3.03. The molecule has 5 aliphatic rings. The van der Waals surface area contributed by atoms with Crippen LogP contribution in [0.3, 0.4) is 0 Å². The molecule has 3 fully saturated rings. The number of allylic oxidation sites excluding steroid dienone is 1. The van der Waals surface area contributed by atoms with Crippen LogP contribution in [0.25, 0.3) is 0 Å². The zero-order valence-electron chi connectivity index (χ0n) is 17.2. The lowest BCUT2D eigenvalue weighted by Crippen LogP contribution is -2.46. The van der Waals surface area contributed by atoms with E-state index in [0.717, 1.165) is 77.2 Å². The quantitative estimate of drug-likeness (QED) is 0.624. The van der Waals surface area contributed by atoms with Gasteiger partial charge in [0.25, 0.3) is 0 Å². The number of rotatable bonds is 2. The Morgan fingerprint density at radius 1 is 1.11 bits per heavy atom. The fraction of sp³-hybridized carbons (Fsp3) is 0.833. The van der Waals surface area contributed by atoms with Gasteiger partial charge in [-0.25, -0.2) is 0 Å². The largest absolute Gasteiger partial charge is 0.353 e. The number of carbonyl (C=O) groups excluding carboxylic acids is 1. The fourth-order valence-electron chi connectivity index (χ4n) is 7.27. The van der Waals surface area contributed by atoms with Crippen molar-refractivity contribution in [3.63, 3.8) is 0 Å². The van der Waals surface area contributed by atoms with Gasteiger partial charge in [-0.3, -0.25) is 4.79 Å². The maximum Gasteiger partial charge on any atom is 0.161 e. The van der Waals surface area contributed by atoms with Crippen molar-refractivity contribution >= 4 is 5.78 Å². The van der Waals surface area contributed by atoms with Gasteiger partial charge in [-0.1, -0.05) is 18.1 Å². The Hall–Kier alpha value is -1.18. The standard InChI is InChI=1S/C24H33NO3/c1-23-11-9-18-17-10-12-24(15-25,28-22-4-2-3-13-27-22)14-16(17)5-6-19(18)20(23)7-8-21(23)26/h18-20,22H,2-14H2,1H3/t18-,19-,20+,22?,23+,24?/m1/s1. The van der Waals surface area contributed by atoms with E-state index in [9.17, 15) is 10.1 Å². The van der Waals surface area contributed by atoms with Crippen LogP contribution in [0, 0.1) is 34.5 Å². The molecule has 0 aromatic rings. The number of Topliss-reactive ketones (excluding diaryl/α,β-unsaturated/α-hetero) is 1. The Balaban J connectivity index is 1.35. The Morgan fingerprint density at radius 3 is 2.79 bits per heavy atom. The van der Waals surface area contributed by atoms with Crippen LogP contribution in [-0.2, 0) is 14.3 Å². The Bertz CT molecular complexity index is 731. The summed E-state index contributed by atoms with van der Waals surface area (Å²) in [5.41, 5.74) is 2.39. The van der Waals surface area contributed by atoms with Gasteiger partial charge >= 0.3 is 0 Å². The highest BCUT2D eigenvalue weighted by molar-refractivity contribution is 5.87. The SMILES string of the molecule is C[C@]12CC[C@@H]3C4=C(CC[C@H]3[C@@H]1CCC2=O)CC(C#N)(OC1CCCCO1)CC4. The van der Waals surface area contributed by atoms with E-state index in [1.807, 2.05) is 0 Å². The van der Waals surface area contributed by atoms with Crippen LogP contribution >= 0.6 is 0 Å². The number of carbonyl (C=O) groups is 1. The molecule has 0 spiro atoms. The van der Waals surface area contributed by atoms with Gasteiger partial charge in [-0.05, 0) is 82.0 Å². The smallest absolute Gasteiger partial charge is 0.161 e. The maximum absolute atomic E-state index is 12.5. The monoisotopic (exact) mass is 383 g/mol. The van der Waals surface area contributed by atoms with Crippen molar-refractivity contribution in [1.82, 2.24) is 0 Å². The minimum Gasteiger partial charge on any atom is -0.353 e. The third kappa shape index (κ3) is 2.89. The van der Waals surface area contributed by atoms with E-state index in [1.165, 1.54) is 12.0 Å². The molecule has 28 heavy (non-hydrogen) atoms. The van der Waals surface area contributed by atoms with Crippen LogP contribution in [0.1, 0.15) is 84.0 Å². The highest BCUT2D eigenvalue weighted by Gasteiger charge is 2.55. The highest BCUT2D eigenvalue weighted by atomic mass is 16.7. The fourth-order valence-corrected chi connectivity index (χ4v) is 7.27. The van der Waals surface area contributed by atoms with Crippen LogP contribution in [0.5, 0.6) is 0 Å². The molecule has 1 aliphatic heterocycles. The summed E-state index contributed by atoms with van der Waals surface area (Å²) < 4.78 is 12.1. The molecule has 0 aromatic carbocycles. The first-order chi connectivity index (χ1) is 13.5. The molecule has 4 heteroatoms. The Labute approximate surface area is 168 Å². The minimum atomic E-state index is -0.694. The molecular weight excluding hydrogens is 350 g/mol. The normalized spacial score (nSPS) is 45.8. The van der Waals surface area contributed by atoms with E-state index in [4.69, 9.17) is 9.47 Å². The molecule has 5 rings (SSSR count). The maximum atomic E-state index is 12.5. The van der Waals surface area contributed by atoms with Crippen molar-refractivity contribution in [3.05, 3.63) is 11.1 Å². The third-order valence-electron chi connectivity index (χ3n) is 8.82. The van der Waals surface area contributed by atoms with Crippen molar-refractivity contribution in [2.45, 2.75) is 95.9 Å². The van der Waals surface area contributed by atoms with Crippen molar-refractivity contribution in [2.24, 2.45) is 23.2 Å². The first-order valence-electron chi connectivity index (χ1n) is 11.5. The molecule has 152 valence electrons. The van der Waals surface area contributed by atoms with Crippen LogP contribution in [0.2, 0.25) is 0 Å². The molecule has 2 saturated carbocycles. The zero-order valence-corrected chi connectivity index (χ0v) is 17.2. The van der Waals surface area contributed by atoms with Gasteiger partial charge in [0.15, 0.2) is 11.9 Å². The molecule has 0 N–H and O–H groups in total. The first-order valence-corrected chi connectivity index (χ1v) is 11.5. The van der Waals surface area contributed by atoms with Gasteiger partial charge in [-0.15, -0.1) is 0 Å². The van der Waals surface area contributed by atoms with Gasteiger partial charge in [0.1, 0.15) is 5.78 Å². The van der Waals surface area contributed by atoms with Crippen LogP contribution in [0.15, 0.2) is 11.1 Å². The van der Waals surface area contributed by atoms with E-state index in [1.54, 1.807) is 5.57 Å². The summed E-state index contributed by atoms with van der Waals surface area (Å²) in [4.78, 5) is 12.5. The molecule has 1 saturated heterocycles. The second-order valence-electron chi connectivity index (χ2n) is 10.2. The summed E-state index contributed by atoms with van der Waals surface area (Å²) in [5, 5.41) is 9.99. The highest BCUT2D eigenvalue weighted by Crippen LogP contribution is 2.60. The van der Waals surface area contributed by atoms with Crippen LogP contribution in [-0.4, -0.2) is 24.3 Å². The number of fused-ring (bicyclic) bond motifs is 4. The summed E-state index contributed by atoms with van der Waals surface area (Å²) in [6, 6.07) is 2.54. The summed E-state index contributed by atoms with van der Waals surface area (Å²) >= 11 is 0. The van der Waals surface area contributed by atoms with Crippen molar-refractivity contribution in [1.29, 1.82) is 5.26 Å². The van der Waals surface area contributed by atoms with Gasteiger partial charge < -0.3 is 9.47 Å². The van der Waals surface area contributed by atoms with E-state index < -0.39 is 5.60 Å². The predicted octanol–water partition coefficient (Wildman–Crippen LogP) is 5.08. The first kappa shape index (κ1) is 18.8. The van der Waals surface area contributed by atoms with E-state index in [-0.39, 0.29) is 11.7 Å². The van der Waals surface area contributed by atoms with E-state index >= 15 is 0 Å². The number of hydrogen-bond donors (Lipinski definition) is 0. The topological polar surface area (TPSA) is 59.3 Å². The number of ether oxygens (including phenoxy) is 2. The second-order valence-corrected chi connectivity index (χ2v) is 10.2. The second kappa shape index (κ2) is 6.96. The van der Waals surface area contributed by atoms with Gasteiger partial charge in [-0.2, -0.15) is 5.26 Å². The lowest BCUT2D eigenvalue weighted by atomic mass is 9.54. The lowest BCUT2D eigenvalue weighted by Gasteiger charge is -2.51. The molecule has 0 aromatic heterocycles. The van der Waals surface area contributed by atoms with Crippen LogP contribution < -0.4 is 0 Å². The molecule has 6 atom stereocenters. The molecule has 0 radical (unpaired) electrons. The summed E-state index contributed by atoms with van der Waals surface area (Å²) in [6.07, 6.45) is 11.9. The van der Waals surface area contributed by atoms with Gasteiger partial charge in [0.05, 0.1) is 6.07 Å².